The lowest BCUT2D eigenvalue weighted by Gasteiger charge is -2.35. The molecule has 3 amide bonds. The first-order valence-electron chi connectivity index (χ1n) is 8.39. The van der Waals surface area contributed by atoms with E-state index >= 15 is 0 Å². The Balaban J connectivity index is 1.42. The van der Waals surface area contributed by atoms with Crippen molar-refractivity contribution in [2.45, 2.75) is 6.10 Å². The van der Waals surface area contributed by atoms with Crippen molar-refractivity contribution in [3.05, 3.63) is 35.9 Å². The first-order valence-corrected chi connectivity index (χ1v) is 8.39. The number of piperazine rings is 1. The number of carbonyl (C=O) groups excluding carboxylic acids is 2. The molecule has 0 unspecified atom stereocenters. The average molecular weight is 332 g/mol. The fourth-order valence-corrected chi connectivity index (χ4v) is 3.14. The van der Waals surface area contributed by atoms with Gasteiger partial charge in [0.25, 0.3) is 0 Å². The highest BCUT2D eigenvalue weighted by molar-refractivity contribution is 5.96. The minimum absolute atomic E-state index is 0.136. The zero-order valence-corrected chi connectivity index (χ0v) is 13.7. The number of rotatable bonds is 5. The van der Waals surface area contributed by atoms with Crippen LogP contribution in [0.15, 0.2) is 30.3 Å². The van der Waals surface area contributed by atoms with Gasteiger partial charge in [-0.3, -0.25) is 19.5 Å². The molecule has 130 valence electrons. The van der Waals surface area contributed by atoms with Crippen LogP contribution in [0.4, 0.5) is 4.79 Å². The number of imide groups is 1. The van der Waals surface area contributed by atoms with Gasteiger partial charge in [0.05, 0.1) is 12.6 Å². The Morgan fingerprint density at radius 3 is 2.38 bits per heavy atom. The highest BCUT2D eigenvalue weighted by Crippen LogP contribution is 2.15. The fraction of sp³-hybridized carbons (Fsp3) is 0.529. The molecule has 1 atom stereocenters. The van der Waals surface area contributed by atoms with E-state index in [1.54, 1.807) is 0 Å². The number of β-amino-alcohol motifs (C(OH)–C–C–N with tert-alkyl or cyclic N) is 1. The third-order valence-electron chi connectivity index (χ3n) is 4.60. The van der Waals surface area contributed by atoms with E-state index in [4.69, 9.17) is 0 Å². The highest BCUT2D eigenvalue weighted by Gasteiger charge is 2.28. The normalized spacial score (nSPS) is 20.9. The lowest BCUT2D eigenvalue weighted by atomic mass is 10.1. The van der Waals surface area contributed by atoms with E-state index in [1.807, 2.05) is 30.3 Å². The van der Waals surface area contributed by atoms with Crippen molar-refractivity contribution in [1.29, 1.82) is 0 Å². The van der Waals surface area contributed by atoms with E-state index < -0.39 is 6.10 Å². The number of aliphatic hydroxyl groups is 1. The lowest BCUT2D eigenvalue weighted by Crippen LogP contribution is -2.51. The molecule has 1 aromatic rings. The van der Waals surface area contributed by atoms with Crippen molar-refractivity contribution < 1.29 is 14.7 Å². The van der Waals surface area contributed by atoms with Crippen LogP contribution in [0.5, 0.6) is 0 Å². The maximum atomic E-state index is 12.1. The molecule has 0 saturated carbocycles. The molecule has 0 aliphatic carbocycles. The van der Waals surface area contributed by atoms with Crippen molar-refractivity contribution in [2.24, 2.45) is 0 Å². The van der Waals surface area contributed by atoms with Gasteiger partial charge in [-0.15, -0.1) is 0 Å². The third-order valence-corrected chi connectivity index (χ3v) is 4.60. The van der Waals surface area contributed by atoms with Gasteiger partial charge in [0.2, 0.25) is 5.91 Å². The SMILES string of the molecule is O=C(CN1CCN(C[C@@H](O)c2ccccc2)CC1)N1CCNC1=O. The van der Waals surface area contributed by atoms with Crippen LogP contribution in [0.2, 0.25) is 0 Å². The molecule has 7 nitrogen and oxygen atoms in total. The molecule has 2 N–H and O–H groups in total. The second kappa shape index (κ2) is 7.74. The van der Waals surface area contributed by atoms with Crippen molar-refractivity contribution >= 4 is 11.9 Å². The van der Waals surface area contributed by atoms with E-state index in [0.29, 0.717) is 19.6 Å². The van der Waals surface area contributed by atoms with E-state index in [2.05, 4.69) is 15.1 Å². The molecule has 2 aliphatic rings. The molecule has 7 heteroatoms. The summed E-state index contributed by atoms with van der Waals surface area (Å²) in [5, 5.41) is 12.9. The van der Waals surface area contributed by atoms with Gasteiger partial charge >= 0.3 is 6.03 Å². The Labute approximate surface area is 141 Å². The summed E-state index contributed by atoms with van der Waals surface area (Å²) in [5.41, 5.74) is 0.926. The van der Waals surface area contributed by atoms with Crippen LogP contribution in [0.3, 0.4) is 0 Å². The first-order chi connectivity index (χ1) is 11.6. The predicted octanol–water partition coefficient (Wildman–Crippen LogP) is -0.111. The summed E-state index contributed by atoms with van der Waals surface area (Å²) in [6.45, 7) is 5.03. The predicted molar refractivity (Wildman–Crippen MR) is 89.4 cm³/mol. The monoisotopic (exact) mass is 332 g/mol. The molecule has 2 heterocycles. The van der Waals surface area contributed by atoms with Crippen LogP contribution >= 0.6 is 0 Å². The number of hydrogen-bond donors (Lipinski definition) is 2. The Bertz CT molecular complexity index is 572. The second-order valence-corrected chi connectivity index (χ2v) is 6.28. The minimum atomic E-state index is -0.493. The van der Waals surface area contributed by atoms with Crippen LogP contribution in [0.1, 0.15) is 11.7 Å². The van der Waals surface area contributed by atoms with Crippen LogP contribution in [-0.4, -0.2) is 84.1 Å². The molecule has 0 spiro atoms. The van der Waals surface area contributed by atoms with Crippen molar-refractivity contribution in [2.75, 3.05) is 52.4 Å². The molecule has 2 saturated heterocycles. The molecule has 3 rings (SSSR count). The average Bonchev–Trinajstić information content (AvgIpc) is 3.03. The van der Waals surface area contributed by atoms with Gasteiger partial charge in [0.15, 0.2) is 0 Å². The number of carbonyl (C=O) groups is 2. The Morgan fingerprint density at radius 2 is 1.75 bits per heavy atom. The van der Waals surface area contributed by atoms with Gasteiger partial charge in [-0.2, -0.15) is 0 Å². The number of urea groups is 1. The standard InChI is InChI=1S/C17H24N4O3/c22-15(14-4-2-1-3-5-14)12-19-8-10-20(11-9-19)13-16(23)21-7-6-18-17(21)24/h1-5,15,22H,6-13H2,(H,18,24)/t15-/m1/s1. The topological polar surface area (TPSA) is 76.1 Å². The number of nitrogens with one attached hydrogen (secondary N) is 1. The maximum Gasteiger partial charge on any atom is 0.324 e. The number of benzene rings is 1. The highest BCUT2D eigenvalue weighted by atomic mass is 16.3. The van der Waals surface area contributed by atoms with E-state index in [1.165, 1.54) is 4.90 Å². The van der Waals surface area contributed by atoms with Crippen molar-refractivity contribution in [1.82, 2.24) is 20.0 Å². The Morgan fingerprint density at radius 1 is 1.08 bits per heavy atom. The molecule has 0 aromatic heterocycles. The molecule has 2 aliphatic heterocycles. The number of hydrogen-bond acceptors (Lipinski definition) is 5. The van der Waals surface area contributed by atoms with Crippen LogP contribution in [0.25, 0.3) is 0 Å². The summed E-state index contributed by atoms with van der Waals surface area (Å²) in [6.07, 6.45) is -0.493. The summed E-state index contributed by atoms with van der Waals surface area (Å²) >= 11 is 0. The minimum Gasteiger partial charge on any atom is -0.387 e. The summed E-state index contributed by atoms with van der Waals surface area (Å²) in [4.78, 5) is 29.2. The molecular weight excluding hydrogens is 308 g/mol. The molecule has 1 aromatic carbocycles. The van der Waals surface area contributed by atoms with Crippen molar-refractivity contribution in [3.8, 4) is 0 Å². The van der Waals surface area contributed by atoms with Gasteiger partial charge in [0, 0.05) is 45.8 Å². The van der Waals surface area contributed by atoms with Crippen LogP contribution in [-0.2, 0) is 4.79 Å². The molecule has 0 bridgehead atoms. The second-order valence-electron chi connectivity index (χ2n) is 6.28. The summed E-state index contributed by atoms with van der Waals surface area (Å²) in [6, 6.07) is 9.37. The van der Waals surface area contributed by atoms with Gasteiger partial charge < -0.3 is 10.4 Å². The van der Waals surface area contributed by atoms with Gasteiger partial charge in [-0.1, -0.05) is 30.3 Å². The van der Waals surface area contributed by atoms with Crippen LogP contribution in [0, 0.1) is 0 Å². The lowest BCUT2D eigenvalue weighted by molar-refractivity contribution is -0.129. The number of amides is 3. The zero-order valence-electron chi connectivity index (χ0n) is 13.7. The molecule has 0 radical (unpaired) electrons. The van der Waals surface area contributed by atoms with E-state index in [0.717, 1.165) is 31.7 Å². The Kier molecular flexibility index (Phi) is 5.44. The van der Waals surface area contributed by atoms with Crippen LogP contribution < -0.4 is 5.32 Å². The first kappa shape index (κ1) is 16.9. The van der Waals surface area contributed by atoms with E-state index in [-0.39, 0.29) is 18.5 Å². The quantitative estimate of drug-likeness (QED) is 0.787. The van der Waals surface area contributed by atoms with Gasteiger partial charge in [-0.25, -0.2) is 4.79 Å². The fourth-order valence-electron chi connectivity index (χ4n) is 3.14. The van der Waals surface area contributed by atoms with Crippen molar-refractivity contribution in [3.63, 3.8) is 0 Å². The molecular formula is C17H24N4O3. The third kappa shape index (κ3) is 4.11. The zero-order chi connectivity index (χ0) is 16.9. The molecule has 2 fully saturated rings. The van der Waals surface area contributed by atoms with Gasteiger partial charge in [-0.05, 0) is 5.56 Å². The smallest absolute Gasteiger partial charge is 0.324 e. The Hall–Kier alpha value is -1.96. The summed E-state index contributed by atoms with van der Waals surface area (Å²) in [7, 11) is 0. The maximum absolute atomic E-state index is 12.1. The van der Waals surface area contributed by atoms with E-state index in [9.17, 15) is 14.7 Å². The number of aliphatic hydroxyl groups excluding tert-OH is 1. The van der Waals surface area contributed by atoms with Gasteiger partial charge in [0.1, 0.15) is 0 Å². The summed E-state index contributed by atoms with van der Waals surface area (Å²) < 4.78 is 0. The largest absolute Gasteiger partial charge is 0.387 e. The summed E-state index contributed by atoms with van der Waals surface area (Å²) in [5.74, 6) is -0.136. The number of nitrogens with zero attached hydrogens (tertiary/aromatic N) is 3. The molecule has 24 heavy (non-hydrogen) atoms.